The summed E-state index contributed by atoms with van der Waals surface area (Å²) in [5.74, 6) is 0.651. The van der Waals surface area contributed by atoms with Gasteiger partial charge in [-0.2, -0.15) is 0 Å². The fraction of sp³-hybridized carbons (Fsp3) is 1.00. The highest BCUT2D eigenvalue weighted by Gasteiger charge is 2.35. The molecule has 104 valence electrons. The van der Waals surface area contributed by atoms with Crippen LogP contribution in [0.3, 0.4) is 0 Å². The Morgan fingerprint density at radius 2 is 1.41 bits per heavy atom. The molecule has 0 bridgehead atoms. The van der Waals surface area contributed by atoms with E-state index in [0.717, 1.165) is 6.42 Å². The lowest BCUT2D eigenvalue weighted by Crippen LogP contribution is -2.47. The fourth-order valence-corrected chi connectivity index (χ4v) is 0.726. The van der Waals surface area contributed by atoms with Crippen molar-refractivity contribution in [3.05, 3.63) is 0 Å². The van der Waals surface area contributed by atoms with Gasteiger partial charge in [-0.25, -0.2) is 0 Å². The smallest absolute Gasteiger partial charge is 0.402 e. The minimum absolute atomic E-state index is 0.470. The van der Waals surface area contributed by atoms with E-state index in [1.165, 1.54) is 0 Å². The first-order valence-electron chi connectivity index (χ1n) is 5.80. The minimum atomic E-state index is -2.17. The van der Waals surface area contributed by atoms with Crippen LogP contribution in [0.5, 0.6) is 0 Å². The van der Waals surface area contributed by atoms with Gasteiger partial charge in [0.25, 0.3) is 0 Å². The first-order valence-corrected chi connectivity index (χ1v) is 5.80. The molecular weight excluding hydrogens is 223 g/mol. The van der Waals surface area contributed by atoms with Crippen LogP contribution in [0.1, 0.15) is 48.0 Å². The van der Waals surface area contributed by atoms with Crippen molar-refractivity contribution in [3.8, 4) is 0 Å². The molecule has 0 aliphatic rings. The van der Waals surface area contributed by atoms with E-state index in [1.807, 2.05) is 13.8 Å². The normalized spacial score (nSPS) is 12.2. The van der Waals surface area contributed by atoms with E-state index in [2.05, 4.69) is 13.8 Å². The molecule has 0 amide bonds. The Bertz CT molecular complexity index is 184. The zero-order chi connectivity index (χ0) is 14.3. The van der Waals surface area contributed by atoms with E-state index in [1.54, 1.807) is 13.8 Å². The van der Waals surface area contributed by atoms with Crippen LogP contribution in [0.2, 0.25) is 0 Å². The van der Waals surface area contributed by atoms with E-state index in [9.17, 15) is 5.11 Å². The maximum atomic E-state index is 9.79. The monoisotopic (exact) mass is 250 g/mol. The number of hydrogen-bond acceptors (Lipinski definition) is 5. The molecule has 0 radical (unpaired) electrons. The number of rotatable bonds is 5. The Kier molecular flexibility index (Phi) is 9.10. The van der Waals surface area contributed by atoms with Crippen LogP contribution in [-0.4, -0.2) is 45.3 Å². The Morgan fingerprint density at radius 3 is 1.65 bits per heavy atom. The SMILES string of the molecule is CC(C)CCOC(C)(C)C(C)(C)O.OB(O)O. The van der Waals surface area contributed by atoms with Gasteiger partial charge in [-0.3, -0.25) is 0 Å². The quantitative estimate of drug-likeness (QED) is 0.535. The van der Waals surface area contributed by atoms with E-state index in [4.69, 9.17) is 19.8 Å². The molecule has 0 aliphatic heterocycles. The zero-order valence-electron chi connectivity index (χ0n) is 11.8. The largest absolute Gasteiger partial charge is 0.631 e. The summed E-state index contributed by atoms with van der Waals surface area (Å²) in [7, 11) is -2.17. The van der Waals surface area contributed by atoms with Crippen LogP contribution < -0.4 is 0 Å². The molecule has 0 heterocycles. The van der Waals surface area contributed by atoms with Gasteiger partial charge >= 0.3 is 7.32 Å². The van der Waals surface area contributed by atoms with Crippen LogP contribution in [0.4, 0.5) is 0 Å². The predicted molar refractivity (Wildman–Crippen MR) is 68.2 cm³/mol. The van der Waals surface area contributed by atoms with Gasteiger partial charge in [0.1, 0.15) is 0 Å². The van der Waals surface area contributed by atoms with Gasteiger partial charge in [0.15, 0.2) is 0 Å². The van der Waals surface area contributed by atoms with Crippen molar-refractivity contribution in [1.29, 1.82) is 0 Å². The second-order valence-corrected chi connectivity index (χ2v) is 5.45. The van der Waals surface area contributed by atoms with E-state index in [0.29, 0.717) is 12.5 Å². The molecule has 0 saturated heterocycles. The van der Waals surface area contributed by atoms with Crippen LogP contribution in [0.15, 0.2) is 0 Å². The standard InChI is InChI=1S/C11H24O2.BH3O3/c1-9(2)7-8-13-11(5,6)10(3,4)12;2-1(3)4/h9,12H,7-8H2,1-6H3;2-4H. The van der Waals surface area contributed by atoms with Gasteiger partial charge in [-0.15, -0.1) is 0 Å². The zero-order valence-corrected chi connectivity index (χ0v) is 11.8. The molecule has 5 nitrogen and oxygen atoms in total. The molecule has 0 aromatic heterocycles. The summed E-state index contributed by atoms with van der Waals surface area (Å²) in [6, 6.07) is 0. The van der Waals surface area contributed by atoms with E-state index in [-0.39, 0.29) is 0 Å². The summed E-state index contributed by atoms with van der Waals surface area (Å²) in [5, 5.41) is 31.3. The lowest BCUT2D eigenvalue weighted by Gasteiger charge is -2.37. The highest BCUT2D eigenvalue weighted by molar-refractivity contribution is 6.30. The molecular formula is C11H27BO5. The Hall–Kier alpha value is -0.135. The van der Waals surface area contributed by atoms with Crippen molar-refractivity contribution in [2.24, 2.45) is 5.92 Å². The first-order chi connectivity index (χ1) is 7.40. The van der Waals surface area contributed by atoms with Gasteiger partial charge in [0, 0.05) is 6.61 Å². The summed E-state index contributed by atoms with van der Waals surface area (Å²) >= 11 is 0. The maximum absolute atomic E-state index is 9.79. The third kappa shape index (κ3) is 12.1. The van der Waals surface area contributed by atoms with Gasteiger partial charge in [0.05, 0.1) is 11.2 Å². The number of aliphatic hydroxyl groups is 1. The van der Waals surface area contributed by atoms with Gasteiger partial charge in [-0.1, -0.05) is 13.8 Å². The average molecular weight is 250 g/mol. The van der Waals surface area contributed by atoms with Crippen molar-refractivity contribution in [2.75, 3.05) is 6.61 Å². The van der Waals surface area contributed by atoms with Crippen molar-refractivity contribution in [3.63, 3.8) is 0 Å². The molecule has 17 heavy (non-hydrogen) atoms. The van der Waals surface area contributed by atoms with Crippen molar-refractivity contribution >= 4 is 7.32 Å². The predicted octanol–water partition coefficient (Wildman–Crippen LogP) is 0.547. The Balaban J connectivity index is 0. The molecule has 0 aliphatic carbocycles. The van der Waals surface area contributed by atoms with Gasteiger partial charge < -0.3 is 24.9 Å². The summed E-state index contributed by atoms with van der Waals surface area (Å²) in [6.45, 7) is 12.5. The van der Waals surface area contributed by atoms with Crippen LogP contribution in [0, 0.1) is 5.92 Å². The minimum Gasteiger partial charge on any atom is -0.402 e. The lowest BCUT2D eigenvalue weighted by atomic mass is 9.89. The molecule has 0 rings (SSSR count). The molecule has 0 atom stereocenters. The van der Waals surface area contributed by atoms with Crippen molar-refractivity contribution in [2.45, 2.75) is 59.2 Å². The average Bonchev–Trinajstić information content (AvgIpc) is 1.98. The van der Waals surface area contributed by atoms with Gasteiger partial charge in [-0.05, 0) is 40.0 Å². The number of hydrogen-bond donors (Lipinski definition) is 4. The van der Waals surface area contributed by atoms with Crippen LogP contribution >= 0.6 is 0 Å². The summed E-state index contributed by atoms with van der Waals surface area (Å²) < 4.78 is 5.65. The maximum Gasteiger partial charge on any atom is 0.631 e. The molecule has 0 aromatic rings. The molecule has 0 aromatic carbocycles. The highest BCUT2D eigenvalue weighted by Crippen LogP contribution is 2.25. The molecule has 6 heteroatoms. The first kappa shape index (κ1) is 19.2. The van der Waals surface area contributed by atoms with Crippen LogP contribution in [0.25, 0.3) is 0 Å². The molecule has 4 N–H and O–H groups in total. The number of ether oxygens (including phenoxy) is 1. The second-order valence-electron chi connectivity index (χ2n) is 5.45. The molecule has 0 unspecified atom stereocenters. The third-order valence-corrected chi connectivity index (χ3v) is 2.63. The Labute approximate surface area is 105 Å². The van der Waals surface area contributed by atoms with E-state index >= 15 is 0 Å². The highest BCUT2D eigenvalue weighted by atomic mass is 16.5. The third-order valence-electron chi connectivity index (χ3n) is 2.63. The molecule has 0 spiro atoms. The molecule has 0 fully saturated rings. The topological polar surface area (TPSA) is 90.2 Å². The van der Waals surface area contributed by atoms with Gasteiger partial charge in [0.2, 0.25) is 0 Å². The fourth-order valence-electron chi connectivity index (χ4n) is 0.726. The van der Waals surface area contributed by atoms with Crippen LogP contribution in [-0.2, 0) is 4.74 Å². The summed E-state index contributed by atoms with van der Waals surface area (Å²) in [5.41, 5.74) is -1.26. The lowest BCUT2D eigenvalue weighted by molar-refractivity contribution is -0.148. The summed E-state index contributed by atoms with van der Waals surface area (Å²) in [4.78, 5) is 0. The summed E-state index contributed by atoms with van der Waals surface area (Å²) in [6.07, 6.45) is 1.04. The van der Waals surface area contributed by atoms with Crippen molar-refractivity contribution in [1.82, 2.24) is 0 Å². The van der Waals surface area contributed by atoms with E-state index < -0.39 is 18.5 Å². The second kappa shape index (κ2) is 8.05. The molecule has 0 saturated carbocycles. The Morgan fingerprint density at radius 1 is 1.06 bits per heavy atom. The van der Waals surface area contributed by atoms with Crippen molar-refractivity contribution < 1.29 is 24.9 Å².